The number of rotatable bonds is 7. The first-order valence-electron chi connectivity index (χ1n) is 8.23. The van der Waals surface area contributed by atoms with Crippen LogP contribution in [0.25, 0.3) is 0 Å². The van der Waals surface area contributed by atoms with E-state index >= 15 is 0 Å². The molecule has 0 heterocycles. The number of halogens is 2. The highest BCUT2D eigenvalue weighted by atomic mass is 35.5. The number of hydrogen-bond acceptors (Lipinski definition) is 5. The van der Waals surface area contributed by atoms with E-state index in [1.165, 1.54) is 12.1 Å². The van der Waals surface area contributed by atoms with Crippen LogP contribution >= 0.6 is 23.2 Å². The normalized spacial score (nSPS) is 12.3. The van der Waals surface area contributed by atoms with Crippen molar-refractivity contribution in [1.82, 2.24) is 5.32 Å². The number of carbonyl (C=O) groups excluding carboxylic acids is 2. The lowest BCUT2D eigenvalue weighted by molar-refractivity contribution is -0.124. The van der Waals surface area contributed by atoms with Crippen LogP contribution in [-0.4, -0.2) is 33.2 Å². The van der Waals surface area contributed by atoms with Crippen molar-refractivity contribution in [3.05, 3.63) is 69.2 Å². The van der Waals surface area contributed by atoms with Crippen LogP contribution in [0.1, 0.15) is 34.5 Å². The van der Waals surface area contributed by atoms with Crippen LogP contribution in [0.2, 0.25) is 10.0 Å². The van der Waals surface area contributed by atoms with E-state index in [0.29, 0.717) is 21.2 Å². The molecular weight excluding hydrogens is 425 g/mol. The summed E-state index contributed by atoms with van der Waals surface area (Å²) in [6.45, 7) is 1.26. The van der Waals surface area contributed by atoms with Crippen LogP contribution in [-0.2, 0) is 25.1 Å². The molecule has 0 aliphatic rings. The Bertz CT molecular complexity index is 992. The first-order valence-corrected chi connectivity index (χ1v) is 11.0. The van der Waals surface area contributed by atoms with Crippen molar-refractivity contribution in [2.24, 2.45) is 0 Å². The fourth-order valence-electron chi connectivity index (χ4n) is 2.52. The topological polar surface area (TPSA) is 89.5 Å². The molecule has 0 spiro atoms. The molecule has 0 fully saturated rings. The maximum absolute atomic E-state index is 12.1. The van der Waals surface area contributed by atoms with Gasteiger partial charge in [0.15, 0.2) is 16.4 Å². The molecule has 0 aliphatic carbocycles. The van der Waals surface area contributed by atoms with Gasteiger partial charge < -0.3 is 10.1 Å². The molecule has 0 saturated heterocycles. The zero-order valence-electron chi connectivity index (χ0n) is 15.2. The summed E-state index contributed by atoms with van der Waals surface area (Å²) in [5, 5.41) is 3.58. The average molecular weight is 444 g/mol. The molecule has 0 radical (unpaired) electrons. The van der Waals surface area contributed by atoms with Gasteiger partial charge in [0, 0.05) is 16.3 Å². The van der Waals surface area contributed by atoms with Gasteiger partial charge in [-0.1, -0.05) is 41.4 Å². The van der Waals surface area contributed by atoms with Crippen molar-refractivity contribution in [3.8, 4) is 0 Å². The number of esters is 1. The standard InChI is InChI=1S/C19H19Cl2NO5S/c1-12(16-7-6-15(20)9-17(16)21)22-18(23)10-27-19(24)14-5-3-4-13(8-14)11-28(2,25)26/h3-9,12H,10-11H2,1-2H3,(H,22,23). The molecule has 1 atom stereocenters. The number of benzene rings is 2. The molecule has 2 aromatic carbocycles. The predicted octanol–water partition coefficient (Wildman–Crippen LogP) is 3.57. The molecule has 1 amide bonds. The van der Waals surface area contributed by atoms with Crippen molar-refractivity contribution < 1.29 is 22.7 Å². The number of hydrogen-bond donors (Lipinski definition) is 1. The minimum absolute atomic E-state index is 0.169. The predicted molar refractivity (Wildman–Crippen MR) is 108 cm³/mol. The third-order valence-corrected chi connectivity index (χ3v) is 5.15. The second-order valence-corrected chi connectivity index (χ2v) is 9.29. The highest BCUT2D eigenvalue weighted by Crippen LogP contribution is 2.26. The Morgan fingerprint density at radius 1 is 1.14 bits per heavy atom. The molecule has 0 saturated carbocycles. The summed E-state index contributed by atoms with van der Waals surface area (Å²) in [5.41, 5.74) is 1.31. The quantitative estimate of drug-likeness (QED) is 0.660. The molecule has 150 valence electrons. The van der Waals surface area contributed by atoms with E-state index in [2.05, 4.69) is 5.32 Å². The first kappa shape index (κ1) is 22.2. The van der Waals surface area contributed by atoms with Gasteiger partial charge in [0.05, 0.1) is 17.4 Å². The minimum atomic E-state index is -3.23. The number of nitrogens with one attached hydrogen (secondary N) is 1. The van der Waals surface area contributed by atoms with Crippen LogP contribution in [0.3, 0.4) is 0 Å². The SMILES string of the molecule is CC(NC(=O)COC(=O)c1cccc(CS(C)(=O)=O)c1)c1ccc(Cl)cc1Cl. The van der Waals surface area contributed by atoms with E-state index in [4.69, 9.17) is 27.9 Å². The Kier molecular flexibility index (Phi) is 7.46. The van der Waals surface area contributed by atoms with Gasteiger partial charge in [-0.05, 0) is 42.3 Å². The molecule has 0 aliphatic heterocycles. The Morgan fingerprint density at radius 3 is 2.50 bits per heavy atom. The summed E-state index contributed by atoms with van der Waals surface area (Å²) < 4.78 is 27.8. The highest BCUT2D eigenvalue weighted by Gasteiger charge is 2.16. The van der Waals surface area contributed by atoms with Gasteiger partial charge in [0.25, 0.3) is 5.91 Å². The molecule has 0 bridgehead atoms. The lowest BCUT2D eigenvalue weighted by atomic mass is 10.1. The number of carbonyl (C=O) groups is 2. The number of sulfone groups is 1. The summed E-state index contributed by atoms with van der Waals surface area (Å²) in [4.78, 5) is 24.2. The van der Waals surface area contributed by atoms with Gasteiger partial charge in [-0.15, -0.1) is 0 Å². The maximum atomic E-state index is 12.1. The van der Waals surface area contributed by atoms with Crippen LogP contribution in [0.5, 0.6) is 0 Å². The lowest BCUT2D eigenvalue weighted by Crippen LogP contribution is -2.31. The summed E-state index contributed by atoms with van der Waals surface area (Å²) >= 11 is 12.0. The monoisotopic (exact) mass is 443 g/mol. The molecule has 1 N–H and O–H groups in total. The lowest BCUT2D eigenvalue weighted by Gasteiger charge is -2.16. The molecule has 2 aromatic rings. The molecule has 6 nitrogen and oxygen atoms in total. The number of ether oxygens (including phenoxy) is 1. The van der Waals surface area contributed by atoms with Gasteiger partial charge in [0.2, 0.25) is 0 Å². The van der Waals surface area contributed by atoms with Crippen LogP contribution < -0.4 is 5.32 Å². The average Bonchev–Trinajstić information content (AvgIpc) is 2.58. The summed E-state index contributed by atoms with van der Waals surface area (Å²) in [6, 6.07) is 10.6. The number of amides is 1. The molecule has 9 heteroatoms. The zero-order valence-corrected chi connectivity index (χ0v) is 17.6. The highest BCUT2D eigenvalue weighted by molar-refractivity contribution is 7.89. The van der Waals surface area contributed by atoms with Gasteiger partial charge in [-0.2, -0.15) is 0 Å². The third-order valence-electron chi connectivity index (χ3n) is 3.73. The van der Waals surface area contributed by atoms with Crippen molar-refractivity contribution in [1.29, 1.82) is 0 Å². The maximum Gasteiger partial charge on any atom is 0.338 e. The largest absolute Gasteiger partial charge is 0.452 e. The molecule has 28 heavy (non-hydrogen) atoms. The fourth-order valence-corrected chi connectivity index (χ4v) is 3.88. The van der Waals surface area contributed by atoms with E-state index in [-0.39, 0.29) is 11.3 Å². The Labute approximate surface area is 173 Å². The van der Waals surface area contributed by atoms with Crippen molar-refractivity contribution in [2.45, 2.75) is 18.7 Å². The van der Waals surface area contributed by atoms with Crippen molar-refractivity contribution in [3.63, 3.8) is 0 Å². The Hall–Kier alpha value is -2.09. The smallest absolute Gasteiger partial charge is 0.338 e. The van der Waals surface area contributed by atoms with E-state index in [9.17, 15) is 18.0 Å². The zero-order chi connectivity index (χ0) is 20.9. The summed E-state index contributed by atoms with van der Waals surface area (Å²) in [5.74, 6) is -1.41. The third kappa shape index (κ3) is 6.82. The van der Waals surface area contributed by atoms with Crippen LogP contribution in [0.15, 0.2) is 42.5 Å². The second-order valence-electron chi connectivity index (χ2n) is 6.30. The first-order chi connectivity index (χ1) is 13.0. The second kappa shape index (κ2) is 9.41. The van der Waals surface area contributed by atoms with Gasteiger partial charge in [-0.25, -0.2) is 13.2 Å². The summed E-state index contributed by atoms with van der Waals surface area (Å²) in [6.07, 6.45) is 1.11. The molecular formula is C19H19Cl2NO5S. The Balaban J connectivity index is 1.93. The fraction of sp³-hybridized carbons (Fsp3) is 0.263. The molecule has 0 aromatic heterocycles. The van der Waals surface area contributed by atoms with Gasteiger partial charge >= 0.3 is 5.97 Å². The van der Waals surface area contributed by atoms with Gasteiger partial charge in [0.1, 0.15) is 0 Å². The van der Waals surface area contributed by atoms with Crippen LogP contribution in [0, 0.1) is 0 Å². The van der Waals surface area contributed by atoms with E-state index in [1.54, 1.807) is 37.3 Å². The molecule has 1 unspecified atom stereocenters. The van der Waals surface area contributed by atoms with E-state index < -0.39 is 34.4 Å². The Morgan fingerprint density at radius 2 is 1.86 bits per heavy atom. The van der Waals surface area contributed by atoms with E-state index in [0.717, 1.165) is 6.26 Å². The van der Waals surface area contributed by atoms with Crippen molar-refractivity contribution >= 4 is 44.9 Å². The minimum Gasteiger partial charge on any atom is -0.452 e. The molecule has 2 rings (SSSR count). The van der Waals surface area contributed by atoms with Crippen LogP contribution in [0.4, 0.5) is 0 Å². The van der Waals surface area contributed by atoms with E-state index in [1.807, 2.05) is 0 Å². The van der Waals surface area contributed by atoms with Crippen molar-refractivity contribution in [2.75, 3.05) is 12.9 Å². The van der Waals surface area contributed by atoms with Gasteiger partial charge in [-0.3, -0.25) is 4.79 Å². The summed E-state index contributed by atoms with van der Waals surface area (Å²) in [7, 11) is -3.23.